The lowest BCUT2D eigenvalue weighted by Gasteiger charge is -2.32. The zero-order valence-corrected chi connectivity index (χ0v) is 7.32. The first kappa shape index (κ1) is 8.76. The monoisotopic (exact) mass is 180 g/mol. The average molecular weight is 180 g/mol. The molecule has 1 N–H and O–H groups in total. The van der Waals surface area contributed by atoms with Crippen LogP contribution in [0.4, 0.5) is 0 Å². The number of hydrogen-bond acceptors (Lipinski definition) is 3. The third kappa shape index (κ3) is 1.49. The molecule has 13 heavy (non-hydrogen) atoms. The van der Waals surface area contributed by atoms with Gasteiger partial charge >= 0.3 is 0 Å². The standard InChI is InChI=1S/C10H12O3/c1-2-9(11)3-5-10(6-4-9)12-7-8-13-10/h1,3,5,11H,4,6-8H2. The molecule has 0 bridgehead atoms. The second-order valence-electron chi connectivity index (χ2n) is 3.41. The van der Waals surface area contributed by atoms with Gasteiger partial charge in [0.15, 0.2) is 5.79 Å². The van der Waals surface area contributed by atoms with Crippen LogP contribution in [-0.4, -0.2) is 29.7 Å². The topological polar surface area (TPSA) is 38.7 Å². The summed E-state index contributed by atoms with van der Waals surface area (Å²) < 4.78 is 10.9. The van der Waals surface area contributed by atoms with Gasteiger partial charge in [0.2, 0.25) is 0 Å². The highest BCUT2D eigenvalue weighted by molar-refractivity contribution is 5.24. The van der Waals surface area contributed by atoms with E-state index in [1.165, 1.54) is 0 Å². The maximum Gasteiger partial charge on any atom is 0.188 e. The van der Waals surface area contributed by atoms with Crippen LogP contribution in [0, 0.1) is 12.3 Å². The molecule has 1 heterocycles. The summed E-state index contributed by atoms with van der Waals surface area (Å²) >= 11 is 0. The molecule has 1 atom stereocenters. The molecule has 70 valence electrons. The van der Waals surface area contributed by atoms with E-state index in [4.69, 9.17) is 15.9 Å². The molecule has 1 fully saturated rings. The highest BCUT2D eigenvalue weighted by atomic mass is 16.7. The zero-order chi connectivity index (χ0) is 9.36. The average Bonchev–Trinajstić information content (AvgIpc) is 2.61. The third-order valence-electron chi connectivity index (χ3n) is 2.49. The molecule has 3 nitrogen and oxygen atoms in total. The predicted octanol–water partition coefficient (Wildman–Crippen LogP) is 0.444. The summed E-state index contributed by atoms with van der Waals surface area (Å²) in [5, 5.41) is 9.69. The minimum Gasteiger partial charge on any atom is -0.374 e. The Morgan fingerprint density at radius 2 is 1.92 bits per heavy atom. The van der Waals surface area contributed by atoms with Gasteiger partial charge in [0, 0.05) is 6.42 Å². The molecule has 0 amide bonds. The van der Waals surface area contributed by atoms with Crippen LogP contribution in [0.5, 0.6) is 0 Å². The molecular weight excluding hydrogens is 168 g/mol. The second-order valence-corrected chi connectivity index (χ2v) is 3.41. The molecule has 0 aromatic heterocycles. The van der Waals surface area contributed by atoms with E-state index < -0.39 is 11.4 Å². The van der Waals surface area contributed by atoms with E-state index in [1.54, 1.807) is 12.2 Å². The second kappa shape index (κ2) is 2.85. The van der Waals surface area contributed by atoms with E-state index in [2.05, 4.69) is 5.92 Å². The molecule has 1 spiro atoms. The normalized spacial score (nSPS) is 36.3. The molecule has 0 aromatic rings. The molecule has 3 heteroatoms. The molecule has 2 aliphatic rings. The molecule has 0 aromatic carbocycles. The first-order valence-electron chi connectivity index (χ1n) is 4.37. The maximum atomic E-state index is 9.69. The summed E-state index contributed by atoms with van der Waals surface area (Å²) in [4.78, 5) is 0. The van der Waals surface area contributed by atoms with E-state index in [0.29, 0.717) is 26.1 Å². The number of ether oxygens (including phenoxy) is 2. The lowest BCUT2D eigenvalue weighted by atomic mass is 9.88. The van der Waals surface area contributed by atoms with Crippen LogP contribution in [-0.2, 0) is 9.47 Å². The van der Waals surface area contributed by atoms with Gasteiger partial charge in [0.1, 0.15) is 5.60 Å². The van der Waals surface area contributed by atoms with Crippen molar-refractivity contribution in [2.75, 3.05) is 13.2 Å². The number of terminal acetylenes is 1. The molecule has 1 aliphatic carbocycles. The van der Waals surface area contributed by atoms with Gasteiger partial charge in [-0.15, -0.1) is 6.42 Å². The summed E-state index contributed by atoms with van der Waals surface area (Å²) in [6.07, 6.45) is 9.60. The van der Waals surface area contributed by atoms with Gasteiger partial charge in [-0.25, -0.2) is 0 Å². The van der Waals surface area contributed by atoms with Crippen LogP contribution in [0.25, 0.3) is 0 Å². The highest BCUT2D eigenvalue weighted by Gasteiger charge is 2.40. The summed E-state index contributed by atoms with van der Waals surface area (Å²) in [5.74, 6) is 1.74. The minimum absolute atomic E-state index is 0.486. The van der Waals surface area contributed by atoms with Crippen LogP contribution < -0.4 is 0 Å². The van der Waals surface area contributed by atoms with Crippen molar-refractivity contribution in [3.8, 4) is 12.3 Å². The molecule has 1 saturated heterocycles. The Hall–Kier alpha value is -0.820. The van der Waals surface area contributed by atoms with E-state index in [0.717, 1.165) is 0 Å². The summed E-state index contributed by atoms with van der Waals surface area (Å²) in [6, 6.07) is 0. The van der Waals surface area contributed by atoms with Crippen LogP contribution in [0.1, 0.15) is 12.8 Å². The van der Waals surface area contributed by atoms with Crippen molar-refractivity contribution >= 4 is 0 Å². The van der Waals surface area contributed by atoms with Gasteiger partial charge in [-0.2, -0.15) is 0 Å². The van der Waals surface area contributed by atoms with Crippen molar-refractivity contribution in [3.05, 3.63) is 12.2 Å². The lowest BCUT2D eigenvalue weighted by molar-refractivity contribution is -0.133. The Balaban J connectivity index is 2.16. The molecule has 0 saturated carbocycles. The Labute approximate surface area is 77.3 Å². The Morgan fingerprint density at radius 1 is 1.23 bits per heavy atom. The predicted molar refractivity (Wildman–Crippen MR) is 46.8 cm³/mol. The van der Waals surface area contributed by atoms with E-state index in [1.807, 2.05) is 0 Å². The third-order valence-corrected chi connectivity index (χ3v) is 2.49. The van der Waals surface area contributed by atoms with Crippen LogP contribution in [0.3, 0.4) is 0 Å². The largest absolute Gasteiger partial charge is 0.374 e. The van der Waals surface area contributed by atoms with Gasteiger partial charge in [-0.1, -0.05) is 5.92 Å². The fourth-order valence-electron chi connectivity index (χ4n) is 1.63. The SMILES string of the molecule is C#CC1(O)C=CC2(CC1)OCCO2. The van der Waals surface area contributed by atoms with Crippen molar-refractivity contribution in [2.24, 2.45) is 0 Å². The van der Waals surface area contributed by atoms with Gasteiger partial charge in [-0.05, 0) is 18.6 Å². The van der Waals surface area contributed by atoms with E-state index >= 15 is 0 Å². The summed E-state index contributed by atoms with van der Waals surface area (Å²) in [7, 11) is 0. The van der Waals surface area contributed by atoms with Crippen LogP contribution >= 0.6 is 0 Å². The van der Waals surface area contributed by atoms with E-state index in [9.17, 15) is 5.11 Å². The summed E-state index contributed by atoms with van der Waals surface area (Å²) in [5.41, 5.74) is -1.11. The van der Waals surface area contributed by atoms with E-state index in [-0.39, 0.29) is 0 Å². The molecular formula is C10H12O3. The summed E-state index contributed by atoms with van der Waals surface area (Å²) in [6.45, 7) is 1.22. The molecule has 1 unspecified atom stereocenters. The Morgan fingerprint density at radius 3 is 2.38 bits per heavy atom. The fraction of sp³-hybridized carbons (Fsp3) is 0.600. The Bertz CT molecular complexity index is 270. The van der Waals surface area contributed by atoms with Crippen molar-refractivity contribution in [1.82, 2.24) is 0 Å². The van der Waals surface area contributed by atoms with Crippen molar-refractivity contribution in [1.29, 1.82) is 0 Å². The lowest BCUT2D eigenvalue weighted by Crippen LogP contribution is -2.38. The number of aliphatic hydroxyl groups is 1. The van der Waals surface area contributed by atoms with Crippen LogP contribution in [0.2, 0.25) is 0 Å². The van der Waals surface area contributed by atoms with Crippen LogP contribution in [0.15, 0.2) is 12.2 Å². The fourth-order valence-corrected chi connectivity index (χ4v) is 1.63. The van der Waals surface area contributed by atoms with Gasteiger partial charge in [0.05, 0.1) is 13.2 Å². The number of rotatable bonds is 0. The molecule has 0 radical (unpaired) electrons. The zero-order valence-electron chi connectivity index (χ0n) is 7.32. The van der Waals surface area contributed by atoms with Gasteiger partial charge in [0.25, 0.3) is 0 Å². The number of hydrogen-bond donors (Lipinski definition) is 1. The maximum absolute atomic E-state index is 9.69. The first-order chi connectivity index (χ1) is 6.18. The molecule has 1 aliphatic heterocycles. The van der Waals surface area contributed by atoms with Gasteiger partial charge in [-0.3, -0.25) is 0 Å². The quantitative estimate of drug-likeness (QED) is 0.434. The van der Waals surface area contributed by atoms with Crippen molar-refractivity contribution in [3.63, 3.8) is 0 Å². The van der Waals surface area contributed by atoms with Gasteiger partial charge < -0.3 is 14.6 Å². The van der Waals surface area contributed by atoms with Crippen molar-refractivity contribution < 1.29 is 14.6 Å². The first-order valence-corrected chi connectivity index (χ1v) is 4.37. The van der Waals surface area contributed by atoms with Crippen molar-refractivity contribution in [2.45, 2.75) is 24.2 Å². The molecule has 2 rings (SSSR count). The smallest absolute Gasteiger partial charge is 0.188 e. The highest BCUT2D eigenvalue weighted by Crippen LogP contribution is 2.34. The minimum atomic E-state index is -1.11. The Kier molecular flexibility index (Phi) is 1.92.